The minimum Gasteiger partial charge on any atom is -0.451 e. The summed E-state index contributed by atoms with van der Waals surface area (Å²) in [5.74, 6) is -4.01. The molecule has 2 aromatic rings. The number of benzene rings is 2. The Bertz CT molecular complexity index is 992. The fourth-order valence-corrected chi connectivity index (χ4v) is 3.30. The Morgan fingerprint density at radius 3 is 2.50 bits per heavy atom. The third-order valence-electron chi connectivity index (χ3n) is 4.52. The zero-order chi connectivity index (χ0) is 20.6. The number of ether oxygens (including phenoxy) is 1. The molecule has 2 aromatic carbocycles. The molecule has 1 unspecified atom stereocenters. The van der Waals surface area contributed by atoms with Crippen molar-refractivity contribution in [2.24, 2.45) is 0 Å². The molecule has 28 heavy (non-hydrogen) atoms. The molecule has 1 aliphatic heterocycles. The molecule has 8 heteroatoms. The van der Waals surface area contributed by atoms with Gasteiger partial charge in [-0.15, -0.1) is 0 Å². The van der Waals surface area contributed by atoms with Crippen LogP contribution in [0.25, 0.3) is 0 Å². The van der Waals surface area contributed by atoms with Gasteiger partial charge in [0.1, 0.15) is 0 Å². The highest BCUT2D eigenvalue weighted by molar-refractivity contribution is 6.33. The second kappa shape index (κ2) is 7.67. The van der Waals surface area contributed by atoms with Gasteiger partial charge in [0.2, 0.25) is 11.7 Å². The number of nitrogens with zero attached hydrogens (tertiary/aromatic N) is 1. The molecule has 0 radical (unpaired) electrons. The quantitative estimate of drug-likeness (QED) is 0.437. The zero-order valence-corrected chi connectivity index (χ0v) is 15.8. The van der Waals surface area contributed by atoms with Crippen molar-refractivity contribution < 1.29 is 27.9 Å². The normalized spacial score (nSPS) is 13.8. The molecule has 0 aromatic heterocycles. The van der Waals surface area contributed by atoms with Crippen molar-refractivity contribution in [1.29, 1.82) is 0 Å². The molecule has 5 nitrogen and oxygen atoms in total. The molecule has 1 atom stereocenters. The number of amides is 1. The maximum atomic E-state index is 13.4. The largest absolute Gasteiger partial charge is 0.451 e. The van der Waals surface area contributed by atoms with Gasteiger partial charge in [-0.1, -0.05) is 11.6 Å². The van der Waals surface area contributed by atoms with E-state index in [9.17, 15) is 23.2 Å². The van der Waals surface area contributed by atoms with E-state index in [1.54, 1.807) is 23.1 Å². The molecule has 0 fully saturated rings. The van der Waals surface area contributed by atoms with Crippen LogP contribution in [0.1, 0.15) is 40.1 Å². The van der Waals surface area contributed by atoms with E-state index in [1.165, 1.54) is 13.8 Å². The Hall–Kier alpha value is -2.80. The molecule has 3 rings (SSSR count). The predicted octanol–water partition coefficient (Wildman–Crippen LogP) is 3.96. The van der Waals surface area contributed by atoms with Crippen LogP contribution in [0, 0.1) is 11.6 Å². The number of hydrogen-bond donors (Lipinski definition) is 0. The maximum Gasteiger partial charge on any atom is 0.340 e. The average molecular weight is 408 g/mol. The Balaban J connectivity index is 1.76. The first-order chi connectivity index (χ1) is 13.2. The number of hydrogen-bond acceptors (Lipinski definition) is 4. The van der Waals surface area contributed by atoms with E-state index in [0.29, 0.717) is 30.7 Å². The highest BCUT2D eigenvalue weighted by atomic mass is 35.5. The van der Waals surface area contributed by atoms with E-state index in [1.807, 2.05) is 0 Å². The molecular weight excluding hydrogens is 392 g/mol. The second-order valence-electron chi connectivity index (χ2n) is 6.42. The summed E-state index contributed by atoms with van der Waals surface area (Å²) in [6.45, 7) is 3.39. The number of fused-ring (bicyclic) bond motifs is 1. The van der Waals surface area contributed by atoms with Crippen LogP contribution in [0.3, 0.4) is 0 Å². The lowest BCUT2D eigenvalue weighted by molar-refractivity contribution is -0.116. The van der Waals surface area contributed by atoms with Crippen molar-refractivity contribution in [3.63, 3.8) is 0 Å². The van der Waals surface area contributed by atoms with Crippen LogP contribution in [0.4, 0.5) is 14.5 Å². The molecular formula is C20H16ClF2NO4. The molecule has 0 bridgehead atoms. The van der Waals surface area contributed by atoms with Crippen molar-refractivity contribution in [2.45, 2.75) is 26.4 Å². The molecule has 146 valence electrons. The van der Waals surface area contributed by atoms with Gasteiger partial charge in [-0.2, -0.15) is 0 Å². The number of Topliss-reactive ketones (excluding diaryl/α,β-unsaturated/α-hetero) is 1. The second-order valence-corrected chi connectivity index (χ2v) is 6.83. The number of esters is 1. The van der Waals surface area contributed by atoms with Crippen LogP contribution in [0.2, 0.25) is 5.02 Å². The Kier molecular flexibility index (Phi) is 5.47. The van der Waals surface area contributed by atoms with Crippen molar-refractivity contribution in [3.8, 4) is 0 Å². The first kappa shape index (κ1) is 19.9. The zero-order valence-electron chi connectivity index (χ0n) is 15.1. The van der Waals surface area contributed by atoms with Crippen LogP contribution >= 0.6 is 11.6 Å². The number of halogens is 3. The van der Waals surface area contributed by atoms with Gasteiger partial charge in [0, 0.05) is 24.7 Å². The lowest BCUT2D eigenvalue weighted by Crippen LogP contribution is -2.26. The van der Waals surface area contributed by atoms with Gasteiger partial charge in [-0.05, 0) is 49.2 Å². The summed E-state index contributed by atoms with van der Waals surface area (Å²) in [5, 5.41) is -0.314. The maximum absolute atomic E-state index is 13.4. The summed E-state index contributed by atoms with van der Waals surface area (Å²) in [6, 6.07) is 6.19. The highest BCUT2D eigenvalue weighted by Gasteiger charge is 2.26. The first-order valence-corrected chi connectivity index (χ1v) is 8.87. The molecule has 1 heterocycles. The van der Waals surface area contributed by atoms with E-state index in [2.05, 4.69) is 0 Å². The number of rotatable bonds is 4. The van der Waals surface area contributed by atoms with Gasteiger partial charge in [0.15, 0.2) is 17.7 Å². The highest BCUT2D eigenvalue weighted by Crippen LogP contribution is 2.29. The number of anilines is 1. The summed E-state index contributed by atoms with van der Waals surface area (Å²) in [6.07, 6.45) is -0.547. The van der Waals surface area contributed by atoms with Crippen molar-refractivity contribution in [3.05, 3.63) is 63.7 Å². The lowest BCUT2D eigenvalue weighted by atomic mass is 10.0. The van der Waals surface area contributed by atoms with Crippen LogP contribution < -0.4 is 4.90 Å². The van der Waals surface area contributed by atoms with Crippen molar-refractivity contribution >= 4 is 34.9 Å². The van der Waals surface area contributed by atoms with E-state index in [0.717, 1.165) is 11.3 Å². The van der Waals surface area contributed by atoms with Gasteiger partial charge >= 0.3 is 5.97 Å². The number of carbonyl (C=O) groups is 3. The number of carbonyl (C=O) groups excluding carboxylic acids is 3. The smallest absolute Gasteiger partial charge is 0.340 e. The Labute approximate surface area is 164 Å². The van der Waals surface area contributed by atoms with E-state index < -0.39 is 29.5 Å². The fraction of sp³-hybridized carbons (Fsp3) is 0.250. The fourth-order valence-electron chi connectivity index (χ4n) is 3.07. The Morgan fingerprint density at radius 2 is 1.82 bits per heavy atom. The monoisotopic (exact) mass is 407 g/mol. The summed E-state index contributed by atoms with van der Waals surface area (Å²) in [5.41, 5.74) is 1.55. The first-order valence-electron chi connectivity index (χ1n) is 8.49. The van der Waals surface area contributed by atoms with E-state index in [4.69, 9.17) is 16.3 Å². The number of ketones is 1. The predicted molar refractivity (Wildman–Crippen MR) is 98.7 cm³/mol. The van der Waals surface area contributed by atoms with Crippen molar-refractivity contribution in [1.82, 2.24) is 0 Å². The summed E-state index contributed by atoms with van der Waals surface area (Å²) in [7, 11) is 0. The summed E-state index contributed by atoms with van der Waals surface area (Å²) in [4.78, 5) is 38.0. The molecule has 0 saturated carbocycles. The molecule has 0 aliphatic carbocycles. The Morgan fingerprint density at radius 1 is 1.14 bits per heavy atom. The molecule has 0 spiro atoms. The summed E-state index contributed by atoms with van der Waals surface area (Å²) >= 11 is 5.75. The molecule has 0 N–H and O–H groups in total. The van der Waals surface area contributed by atoms with Gasteiger partial charge < -0.3 is 9.64 Å². The van der Waals surface area contributed by atoms with E-state index in [-0.39, 0.29) is 16.5 Å². The summed E-state index contributed by atoms with van der Waals surface area (Å²) < 4.78 is 31.6. The molecule has 1 amide bonds. The third kappa shape index (κ3) is 3.75. The van der Waals surface area contributed by atoms with Crippen LogP contribution in [0.5, 0.6) is 0 Å². The van der Waals surface area contributed by atoms with Crippen LogP contribution in [-0.4, -0.2) is 30.3 Å². The van der Waals surface area contributed by atoms with Crippen molar-refractivity contribution in [2.75, 3.05) is 11.4 Å². The minimum absolute atomic E-state index is 0.0801. The van der Waals surface area contributed by atoms with Gasteiger partial charge in [0.25, 0.3) is 0 Å². The molecule has 1 aliphatic rings. The SMILES string of the molecule is CC(=O)N1CCc2cc(C(=O)C(C)OC(=O)c3cc(F)c(F)cc3Cl)ccc21. The van der Waals surface area contributed by atoms with Gasteiger partial charge in [-0.25, -0.2) is 13.6 Å². The van der Waals surface area contributed by atoms with Gasteiger partial charge in [-0.3, -0.25) is 9.59 Å². The standard InChI is InChI=1S/C20H16ClF2NO4/c1-10(28-20(27)14-8-16(22)17(23)9-15(14)21)19(26)13-3-4-18-12(7-13)5-6-24(18)11(2)25/h3-4,7-10H,5-6H2,1-2H3. The topological polar surface area (TPSA) is 63.7 Å². The molecule has 0 saturated heterocycles. The van der Waals surface area contributed by atoms with Crippen LogP contribution in [-0.2, 0) is 16.0 Å². The van der Waals surface area contributed by atoms with E-state index >= 15 is 0 Å². The third-order valence-corrected chi connectivity index (χ3v) is 4.84. The average Bonchev–Trinajstić information content (AvgIpc) is 3.07. The lowest BCUT2D eigenvalue weighted by Gasteiger charge is -2.16. The van der Waals surface area contributed by atoms with Gasteiger partial charge in [0.05, 0.1) is 10.6 Å². The minimum atomic E-state index is -1.25. The van der Waals surface area contributed by atoms with Crippen LogP contribution in [0.15, 0.2) is 30.3 Å².